The van der Waals surface area contributed by atoms with Crippen LogP contribution < -0.4 is 21.9 Å². The fraction of sp³-hybridized carbons (Fsp3) is 0.250. The zero-order valence-corrected chi connectivity index (χ0v) is 20.8. The number of aromatic amines is 1. The van der Waals surface area contributed by atoms with Crippen LogP contribution in [0.2, 0.25) is 0 Å². The van der Waals surface area contributed by atoms with E-state index in [-0.39, 0.29) is 36.4 Å². The van der Waals surface area contributed by atoms with Crippen LogP contribution in [-0.2, 0) is 6.54 Å². The van der Waals surface area contributed by atoms with Crippen LogP contribution in [0.3, 0.4) is 0 Å². The second-order valence-electron chi connectivity index (χ2n) is 9.30. The summed E-state index contributed by atoms with van der Waals surface area (Å²) in [7, 11) is 0. The van der Waals surface area contributed by atoms with Crippen molar-refractivity contribution in [3.05, 3.63) is 111 Å². The minimum absolute atomic E-state index is 0.0146. The van der Waals surface area contributed by atoms with E-state index < -0.39 is 11.2 Å². The average Bonchev–Trinajstić information content (AvgIpc) is 3.39. The molecule has 0 fully saturated rings. The molecule has 0 saturated carbocycles. The van der Waals surface area contributed by atoms with Gasteiger partial charge in [0.05, 0.1) is 6.54 Å². The van der Waals surface area contributed by atoms with Gasteiger partial charge in [-0.05, 0) is 54.7 Å². The van der Waals surface area contributed by atoms with E-state index in [4.69, 9.17) is 5.73 Å². The van der Waals surface area contributed by atoms with Gasteiger partial charge in [-0.1, -0.05) is 50.2 Å². The standard InChI is InChI=1S/C28H31N5O3/c1-19(2)13-16-32(27(35)22-12-11-20(3)23(17-22)31-14-7-8-15-31)24-25(29)33(28(36)30-26(24)34)18-21-9-5-4-6-10-21/h4-12,14-15,17,19H,13,16,18,29H2,1-3H3,(H,30,34,36). The number of rotatable bonds is 8. The number of carbonyl (C=O) groups is 1. The van der Waals surface area contributed by atoms with Crippen LogP contribution in [0.5, 0.6) is 0 Å². The Hall–Kier alpha value is -4.33. The fourth-order valence-corrected chi connectivity index (χ4v) is 4.13. The highest BCUT2D eigenvalue weighted by Gasteiger charge is 2.26. The maximum absolute atomic E-state index is 13.9. The van der Waals surface area contributed by atoms with Crippen molar-refractivity contribution in [1.82, 2.24) is 14.1 Å². The first-order valence-electron chi connectivity index (χ1n) is 12.0. The van der Waals surface area contributed by atoms with Crippen molar-refractivity contribution in [2.75, 3.05) is 17.2 Å². The van der Waals surface area contributed by atoms with Crippen LogP contribution >= 0.6 is 0 Å². The number of H-pyrrole nitrogens is 1. The highest BCUT2D eigenvalue weighted by Crippen LogP contribution is 2.24. The number of hydrogen-bond donors (Lipinski definition) is 2. The molecular weight excluding hydrogens is 454 g/mol. The molecular formula is C28H31N5O3. The first-order valence-corrected chi connectivity index (χ1v) is 12.0. The van der Waals surface area contributed by atoms with Crippen LogP contribution in [0, 0.1) is 12.8 Å². The van der Waals surface area contributed by atoms with Gasteiger partial charge in [0.1, 0.15) is 5.82 Å². The molecule has 0 aliphatic carbocycles. The molecule has 0 aliphatic heterocycles. The van der Waals surface area contributed by atoms with E-state index in [9.17, 15) is 14.4 Å². The quantitative estimate of drug-likeness (QED) is 0.394. The van der Waals surface area contributed by atoms with Crippen LogP contribution in [0.4, 0.5) is 11.5 Å². The Bertz CT molecular complexity index is 1470. The summed E-state index contributed by atoms with van der Waals surface area (Å²) in [5.74, 6) is -0.113. The number of hydrogen-bond acceptors (Lipinski definition) is 4. The number of nitrogens with zero attached hydrogens (tertiary/aromatic N) is 3. The lowest BCUT2D eigenvalue weighted by Crippen LogP contribution is -2.42. The van der Waals surface area contributed by atoms with E-state index >= 15 is 0 Å². The Kier molecular flexibility index (Phi) is 7.24. The largest absolute Gasteiger partial charge is 0.383 e. The third-order valence-corrected chi connectivity index (χ3v) is 6.18. The number of nitrogen functional groups attached to an aromatic ring is 1. The highest BCUT2D eigenvalue weighted by molar-refractivity contribution is 6.07. The minimum Gasteiger partial charge on any atom is -0.383 e. The lowest BCUT2D eigenvalue weighted by atomic mass is 10.1. The summed E-state index contributed by atoms with van der Waals surface area (Å²) in [6, 6.07) is 18.6. The van der Waals surface area contributed by atoms with Gasteiger partial charge in [0.2, 0.25) is 0 Å². The van der Waals surface area contributed by atoms with Crippen molar-refractivity contribution < 1.29 is 4.79 Å². The highest BCUT2D eigenvalue weighted by atomic mass is 16.2. The number of amides is 1. The summed E-state index contributed by atoms with van der Waals surface area (Å²) in [6.07, 6.45) is 4.48. The maximum atomic E-state index is 13.9. The van der Waals surface area contributed by atoms with Crippen LogP contribution in [0.1, 0.15) is 41.8 Å². The Morgan fingerprint density at radius 2 is 1.72 bits per heavy atom. The number of benzene rings is 2. The molecule has 3 N–H and O–H groups in total. The number of aryl methyl sites for hydroxylation is 1. The Morgan fingerprint density at radius 3 is 2.39 bits per heavy atom. The van der Waals surface area contributed by atoms with E-state index in [1.54, 1.807) is 6.07 Å². The molecule has 1 amide bonds. The smallest absolute Gasteiger partial charge is 0.330 e. The van der Waals surface area contributed by atoms with Crippen LogP contribution in [-0.4, -0.2) is 26.6 Å². The first-order chi connectivity index (χ1) is 17.3. The van der Waals surface area contributed by atoms with E-state index in [0.29, 0.717) is 12.0 Å². The Labute approximate surface area is 209 Å². The molecule has 2 aromatic carbocycles. The van der Waals surface area contributed by atoms with Gasteiger partial charge in [0, 0.05) is 30.2 Å². The predicted molar refractivity (Wildman–Crippen MR) is 143 cm³/mol. The van der Waals surface area contributed by atoms with Crippen molar-refractivity contribution >= 4 is 17.4 Å². The second-order valence-corrected chi connectivity index (χ2v) is 9.30. The summed E-state index contributed by atoms with van der Waals surface area (Å²) >= 11 is 0. The molecule has 0 unspecified atom stereocenters. The minimum atomic E-state index is -0.684. The summed E-state index contributed by atoms with van der Waals surface area (Å²) in [4.78, 5) is 43.4. The van der Waals surface area contributed by atoms with Crippen molar-refractivity contribution in [1.29, 1.82) is 0 Å². The molecule has 0 saturated heterocycles. The zero-order chi connectivity index (χ0) is 25.8. The van der Waals surface area contributed by atoms with Crippen molar-refractivity contribution in [3.63, 3.8) is 0 Å². The summed E-state index contributed by atoms with van der Waals surface area (Å²) in [6.45, 7) is 6.51. The monoisotopic (exact) mass is 485 g/mol. The van der Waals surface area contributed by atoms with Crippen LogP contribution in [0.15, 0.2) is 82.6 Å². The predicted octanol–water partition coefficient (Wildman–Crippen LogP) is 3.96. The van der Waals surface area contributed by atoms with E-state index in [1.165, 1.54) is 9.47 Å². The van der Waals surface area contributed by atoms with Gasteiger partial charge in [-0.2, -0.15) is 0 Å². The molecule has 4 rings (SSSR count). The lowest BCUT2D eigenvalue weighted by molar-refractivity contribution is 0.0985. The van der Waals surface area contributed by atoms with Gasteiger partial charge in [-0.3, -0.25) is 19.1 Å². The Morgan fingerprint density at radius 1 is 1.03 bits per heavy atom. The molecule has 0 radical (unpaired) electrons. The van der Waals surface area contributed by atoms with Crippen LogP contribution in [0.25, 0.3) is 5.69 Å². The van der Waals surface area contributed by atoms with Crippen molar-refractivity contribution in [2.24, 2.45) is 5.92 Å². The van der Waals surface area contributed by atoms with E-state index in [1.807, 2.05) is 92.3 Å². The third kappa shape index (κ3) is 5.17. The number of anilines is 2. The molecule has 186 valence electrons. The molecule has 0 spiro atoms. The lowest BCUT2D eigenvalue weighted by Gasteiger charge is -2.26. The molecule has 0 bridgehead atoms. The number of carbonyl (C=O) groups excluding carboxylic acids is 1. The van der Waals surface area contributed by atoms with Gasteiger partial charge >= 0.3 is 5.69 Å². The topological polar surface area (TPSA) is 106 Å². The fourth-order valence-electron chi connectivity index (χ4n) is 4.13. The van der Waals surface area contributed by atoms with Gasteiger partial charge in [-0.25, -0.2) is 4.79 Å². The molecule has 2 aromatic heterocycles. The van der Waals surface area contributed by atoms with Crippen molar-refractivity contribution in [3.8, 4) is 5.69 Å². The third-order valence-electron chi connectivity index (χ3n) is 6.18. The summed E-state index contributed by atoms with van der Waals surface area (Å²) < 4.78 is 3.23. The summed E-state index contributed by atoms with van der Waals surface area (Å²) in [5, 5.41) is 0. The second kappa shape index (κ2) is 10.5. The number of nitrogens with two attached hydrogens (primary N) is 1. The van der Waals surface area contributed by atoms with Gasteiger partial charge < -0.3 is 15.2 Å². The van der Waals surface area contributed by atoms with Crippen molar-refractivity contribution in [2.45, 2.75) is 33.7 Å². The molecule has 0 aliphatic rings. The van der Waals surface area contributed by atoms with Gasteiger partial charge in [0.15, 0.2) is 5.69 Å². The van der Waals surface area contributed by atoms with Gasteiger partial charge in [0.25, 0.3) is 11.5 Å². The first kappa shape index (κ1) is 24.8. The molecule has 36 heavy (non-hydrogen) atoms. The van der Waals surface area contributed by atoms with E-state index in [0.717, 1.165) is 16.8 Å². The Balaban J connectivity index is 1.81. The van der Waals surface area contributed by atoms with E-state index in [2.05, 4.69) is 4.98 Å². The number of aromatic nitrogens is 3. The zero-order valence-electron chi connectivity index (χ0n) is 20.8. The summed E-state index contributed by atoms with van der Waals surface area (Å²) in [5.41, 5.74) is 8.26. The van der Waals surface area contributed by atoms with Gasteiger partial charge in [-0.15, -0.1) is 0 Å². The number of nitrogens with one attached hydrogen (secondary N) is 1. The normalized spacial score (nSPS) is 11.1. The maximum Gasteiger partial charge on any atom is 0.330 e. The molecule has 2 heterocycles. The molecule has 8 heteroatoms. The average molecular weight is 486 g/mol. The molecule has 0 atom stereocenters. The SMILES string of the molecule is Cc1ccc(C(=O)N(CCC(C)C)c2c(N)n(Cc3ccccc3)c(=O)[nH]c2=O)cc1-n1cccc1. The molecule has 8 nitrogen and oxygen atoms in total. The molecule has 4 aromatic rings.